The third kappa shape index (κ3) is 3.94. The van der Waals surface area contributed by atoms with Crippen LogP contribution in [0.3, 0.4) is 0 Å². The van der Waals surface area contributed by atoms with E-state index >= 15 is 0 Å². The van der Waals surface area contributed by atoms with Crippen molar-refractivity contribution in [1.29, 1.82) is 0 Å². The van der Waals surface area contributed by atoms with E-state index < -0.39 is 0 Å². The number of nitrogens with one attached hydrogen (secondary N) is 1. The van der Waals surface area contributed by atoms with Crippen LogP contribution in [0.15, 0.2) is 18.3 Å². The Morgan fingerprint density at radius 3 is 2.21 bits per heavy atom. The van der Waals surface area contributed by atoms with Crippen LogP contribution in [0.1, 0.15) is 17.3 Å². The second-order valence-corrected chi connectivity index (χ2v) is 4.73. The molecule has 1 N–H and O–H groups in total. The molecule has 104 valence electrons. The molecule has 6 nitrogen and oxygen atoms in total. The van der Waals surface area contributed by atoms with Gasteiger partial charge in [-0.1, -0.05) is 0 Å². The van der Waals surface area contributed by atoms with E-state index in [1.807, 2.05) is 0 Å². The Balaban J connectivity index is 2.72. The van der Waals surface area contributed by atoms with Gasteiger partial charge in [0.2, 0.25) is 5.91 Å². The lowest BCUT2D eigenvalue weighted by Crippen LogP contribution is -2.36. The van der Waals surface area contributed by atoms with Gasteiger partial charge in [-0.15, -0.1) is 0 Å². The average Bonchev–Trinajstić information content (AvgIpc) is 2.37. The highest BCUT2D eigenvalue weighted by molar-refractivity contribution is 5.93. The van der Waals surface area contributed by atoms with E-state index in [9.17, 15) is 9.59 Å². The van der Waals surface area contributed by atoms with Gasteiger partial charge in [0.05, 0.1) is 5.56 Å². The number of pyridine rings is 1. The summed E-state index contributed by atoms with van der Waals surface area (Å²) in [6.45, 7) is 1.77. The van der Waals surface area contributed by atoms with Crippen LogP contribution in [0.5, 0.6) is 0 Å². The van der Waals surface area contributed by atoms with E-state index in [1.54, 1.807) is 47.2 Å². The molecule has 0 unspecified atom stereocenters. The molecule has 2 amide bonds. The Kier molecular flexibility index (Phi) is 4.86. The van der Waals surface area contributed by atoms with E-state index in [-0.39, 0.29) is 17.9 Å². The molecule has 0 aliphatic rings. The van der Waals surface area contributed by atoms with Crippen molar-refractivity contribution in [2.24, 2.45) is 0 Å². The number of carbonyl (C=O) groups excluding carboxylic acids is 2. The monoisotopic (exact) mass is 264 g/mol. The highest BCUT2D eigenvalue weighted by atomic mass is 16.2. The van der Waals surface area contributed by atoms with E-state index in [1.165, 1.54) is 16.0 Å². The topological polar surface area (TPSA) is 65.5 Å². The van der Waals surface area contributed by atoms with Crippen LogP contribution in [0.25, 0.3) is 0 Å². The predicted octanol–water partition coefficient (Wildman–Crippen LogP) is 0.672. The summed E-state index contributed by atoms with van der Waals surface area (Å²) in [6, 6.07) is 3.01. The number of rotatable bonds is 4. The maximum Gasteiger partial charge on any atom is 0.254 e. The van der Waals surface area contributed by atoms with Crippen LogP contribution in [-0.4, -0.2) is 60.8 Å². The summed E-state index contributed by atoms with van der Waals surface area (Å²) in [5.74, 6) is 0.435. The Labute approximate surface area is 113 Å². The fourth-order valence-corrected chi connectivity index (χ4v) is 1.53. The van der Waals surface area contributed by atoms with Gasteiger partial charge in [0.25, 0.3) is 5.91 Å². The molecular formula is C13H20N4O2. The minimum absolute atomic E-state index is 0.0322. The van der Waals surface area contributed by atoms with Gasteiger partial charge in [0, 0.05) is 34.4 Å². The summed E-state index contributed by atoms with van der Waals surface area (Å²) >= 11 is 0. The van der Waals surface area contributed by atoms with Gasteiger partial charge < -0.3 is 15.1 Å². The molecule has 1 aromatic heterocycles. The smallest absolute Gasteiger partial charge is 0.254 e. The molecule has 1 aromatic rings. The van der Waals surface area contributed by atoms with Gasteiger partial charge in [-0.05, 0) is 19.1 Å². The summed E-state index contributed by atoms with van der Waals surface area (Å²) in [7, 11) is 6.78. The highest BCUT2D eigenvalue weighted by Gasteiger charge is 2.15. The Bertz CT molecular complexity index is 454. The van der Waals surface area contributed by atoms with Crippen molar-refractivity contribution in [3.8, 4) is 0 Å². The third-order valence-electron chi connectivity index (χ3n) is 2.59. The Morgan fingerprint density at radius 1 is 1.16 bits per heavy atom. The van der Waals surface area contributed by atoms with Crippen molar-refractivity contribution in [1.82, 2.24) is 14.8 Å². The first-order chi connectivity index (χ1) is 8.82. The summed E-state index contributed by atoms with van der Waals surface area (Å²) in [4.78, 5) is 30.5. The molecule has 1 rings (SSSR count). The van der Waals surface area contributed by atoms with Gasteiger partial charge in [-0.2, -0.15) is 0 Å². The van der Waals surface area contributed by atoms with Crippen molar-refractivity contribution in [3.05, 3.63) is 23.9 Å². The summed E-state index contributed by atoms with van der Waals surface area (Å²) in [5, 5.41) is 2.99. The zero-order valence-corrected chi connectivity index (χ0v) is 12.0. The van der Waals surface area contributed by atoms with E-state index in [2.05, 4.69) is 10.3 Å². The zero-order chi connectivity index (χ0) is 14.6. The minimum atomic E-state index is -0.363. The molecule has 0 fully saturated rings. The van der Waals surface area contributed by atoms with Crippen LogP contribution in [0, 0.1) is 0 Å². The van der Waals surface area contributed by atoms with Crippen LogP contribution in [0.2, 0.25) is 0 Å². The second-order valence-electron chi connectivity index (χ2n) is 4.73. The molecule has 0 aliphatic carbocycles. The second kappa shape index (κ2) is 6.17. The van der Waals surface area contributed by atoms with Crippen molar-refractivity contribution in [2.45, 2.75) is 13.0 Å². The molecule has 1 atom stereocenters. The average molecular weight is 264 g/mol. The number of nitrogens with zero attached hydrogens (tertiary/aromatic N) is 3. The maximum atomic E-state index is 11.7. The van der Waals surface area contributed by atoms with Crippen molar-refractivity contribution in [3.63, 3.8) is 0 Å². The van der Waals surface area contributed by atoms with Gasteiger partial charge in [-0.25, -0.2) is 4.98 Å². The molecule has 1 heterocycles. The number of hydrogen-bond acceptors (Lipinski definition) is 4. The molecule has 6 heteroatoms. The van der Waals surface area contributed by atoms with E-state index in [0.29, 0.717) is 11.4 Å². The first kappa shape index (κ1) is 14.9. The third-order valence-corrected chi connectivity index (χ3v) is 2.59. The van der Waals surface area contributed by atoms with Crippen molar-refractivity contribution in [2.75, 3.05) is 33.5 Å². The number of hydrogen-bond donors (Lipinski definition) is 1. The normalized spacial score (nSPS) is 11.6. The molecule has 19 heavy (non-hydrogen) atoms. The largest absolute Gasteiger partial charge is 0.359 e. The number of aromatic nitrogens is 1. The van der Waals surface area contributed by atoms with Crippen LogP contribution in [-0.2, 0) is 4.79 Å². The number of amides is 2. The molecule has 0 saturated carbocycles. The first-order valence-corrected chi connectivity index (χ1v) is 5.98. The molecule has 0 aromatic carbocycles. The lowest BCUT2D eigenvalue weighted by atomic mass is 10.2. The SMILES string of the molecule is C[C@H](Nc1ccc(C(=O)N(C)C)cn1)C(=O)N(C)C. The standard InChI is InChI=1S/C13H20N4O2/c1-9(12(18)16(2)3)15-11-7-6-10(8-14-11)13(19)17(4)5/h6-9H,1-5H3,(H,14,15)/t9-/m0/s1. The lowest BCUT2D eigenvalue weighted by molar-refractivity contribution is -0.129. The van der Waals surface area contributed by atoms with Gasteiger partial charge in [-0.3, -0.25) is 9.59 Å². The van der Waals surface area contributed by atoms with Crippen LogP contribution >= 0.6 is 0 Å². The van der Waals surface area contributed by atoms with Crippen LogP contribution in [0.4, 0.5) is 5.82 Å². The molecule has 0 spiro atoms. The molecular weight excluding hydrogens is 244 g/mol. The first-order valence-electron chi connectivity index (χ1n) is 5.98. The fraction of sp³-hybridized carbons (Fsp3) is 0.462. The lowest BCUT2D eigenvalue weighted by Gasteiger charge is -2.18. The maximum absolute atomic E-state index is 11.7. The van der Waals surface area contributed by atoms with Gasteiger partial charge in [0.1, 0.15) is 11.9 Å². The number of anilines is 1. The van der Waals surface area contributed by atoms with E-state index in [0.717, 1.165) is 0 Å². The zero-order valence-electron chi connectivity index (χ0n) is 12.0. The molecule has 0 saturated heterocycles. The Morgan fingerprint density at radius 2 is 1.79 bits per heavy atom. The molecule has 0 aliphatic heterocycles. The molecule has 0 bridgehead atoms. The predicted molar refractivity (Wildman–Crippen MR) is 74.0 cm³/mol. The van der Waals surface area contributed by atoms with Crippen molar-refractivity contribution >= 4 is 17.6 Å². The minimum Gasteiger partial charge on any atom is -0.359 e. The quantitative estimate of drug-likeness (QED) is 0.868. The van der Waals surface area contributed by atoms with Gasteiger partial charge in [0.15, 0.2) is 0 Å². The summed E-state index contributed by atoms with van der Waals surface area (Å²) in [5.41, 5.74) is 0.516. The number of likely N-dealkylation sites (N-methyl/N-ethyl adjacent to an activating group) is 1. The Hall–Kier alpha value is -2.11. The van der Waals surface area contributed by atoms with Crippen molar-refractivity contribution < 1.29 is 9.59 Å². The summed E-state index contributed by atoms with van der Waals surface area (Å²) in [6.07, 6.45) is 1.50. The van der Waals surface area contributed by atoms with Gasteiger partial charge >= 0.3 is 0 Å². The van der Waals surface area contributed by atoms with Crippen LogP contribution < -0.4 is 5.32 Å². The van der Waals surface area contributed by atoms with E-state index in [4.69, 9.17) is 0 Å². The summed E-state index contributed by atoms with van der Waals surface area (Å²) < 4.78 is 0. The highest BCUT2D eigenvalue weighted by Crippen LogP contribution is 2.08. The molecule has 0 radical (unpaired) electrons. The fourth-order valence-electron chi connectivity index (χ4n) is 1.53. The number of carbonyl (C=O) groups is 2.